The van der Waals surface area contributed by atoms with E-state index in [1.165, 1.54) is 37.8 Å². The minimum atomic E-state index is 0.493. The van der Waals surface area contributed by atoms with Crippen LogP contribution in [0, 0.1) is 4.64 Å². The van der Waals surface area contributed by atoms with Crippen molar-refractivity contribution in [1.82, 2.24) is 9.97 Å². The molecule has 2 nitrogen and oxygen atoms in total. The van der Waals surface area contributed by atoms with Crippen molar-refractivity contribution in [3.8, 4) is 0 Å². The maximum atomic E-state index is 5.24. The fourth-order valence-electron chi connectivity index (χ4n) is 2.38. The van der Waals surface area contributed by atoms with E-state index >= 15 is 0 Å². The van der Waals surface area contributed by atoms with Gasteiger partial charge in [-0.05, 0) is 24.8 Å². The van der Waals surface area contributed by atoms with Crippen molar-refractivity contribution in [1.29, 1.82) is 0 Å². The summed E-state index contributed by atoms with van der Waals surface area (Å²) in [5.41, 5.74) is 1.22. The summed E-state index contributed by atoms with van der Waals surface area (Å²) in [4.78, 5) is 7.98. The first-order valence-corrected chi connectivity index (χ1v) is 6.69. The van der Waals surface area contributed by atoms with Crippen molar-refractivity contribution in [2.45, 2.75) is 57.8 Å². The Morgan fingerprint density at radius 3 is 2.62 bits per heavy atom. The van der Waals surface area contributed by atoms with E-state index in [9.17, 15) is 0 Å². The van der Waals surface area contributed by atoms with Crippen molar-refractivity contribution in [3.63, 3.8) is 0 Å². The zero-order valence-corrected chi connectivity index (χ0v) is 10.9. The van der Waals surface area contributed by atoms with Gasteiger partial charge in [0.05, 0.1) is 0 Å². The van der Waals surface area contributed by atoms with Crippen LogP contribution in [0.25, 0.3) is 0 Å². The molecule has 0 bridgehead atoms. The summed E-state index contributed by atoms with van der Waals surface area (Å²) in [6, 6.07) is 1.99. The molecule has 0 aliphatic heterocycles. The molecule has 88 valence electrons. The Morgan fingerprint density at radius 1 is 1.31 bits per heavy atom. The molecule has 1 aliphatic carbocycles. The van der Waals surface area contributed by atoms with Gasteiger partial charge in [-0.2, -0.15) is 0 Å². The van der Waals surface area contributed by atoms with Crippen LogP contribution in [-0.2, 0) is 0 Å². The minimum Gasteiger partial charge on any atom is -0.347 e. The molecule has 1 aromatic heterocycles. The highest BCUT2D eigenvalue weighted by Gasteiger charge is 2.18. The minimum absolute atomic E-state index is 0.493. The van der Waals surface area contributed by atoms with E-state index in [4.69, 9.17) is 12.2 Å². The number of hydrogen-bond donors (Lipinski definition) is 1. The number of nitrogens with zero attached hydrogens (tertiary/aromatic N) is 1. The van der Waals surface area contributed by atoms with E-state index in [-0.39, 0.29) is 0 Å². The molecule has 1 aliphatic rings. The fraction of sp³-hybridized carbons (Fsp3) is 0.692. The summed E-state index contributed by atoms with van der Waals surface area (Å²) >= 11 is 5.24. The van der Waals surface area contributed by atoms with E-state index in [2.05, 4.69) is 23.8 Å². The number of nitrogens with one attached hydrogen (secondary N) is 1. The molecule has 2 rings (SSSR count). The summed E-state index contributed by atoms with van der Waals surface area (Å²) < 4.78 is 0.739. The summed E-state index contributed by atoms with van der Waals surface area (Å²) in [5, 5.41) is 0. The Morgan fingerprint density at radius 2 is 2.00 bits per heavy atom. The molecule has 16 heavy (non-hydrogen) atoms. The van der Waals surface area contributed by atoms with Gasteiger partial charge in [0.1, 0.15) is 10.5 Å². The van der Waals surface area contributed by atoms with Crippen LogP contribution in [0.5, 0.6) is 0 Å². The van der Waals surface area contributed by atoms with Crippen LogP contribution in [0.2, 0.25) is 0 Å². The van der Waals surface area contributed by atoms with Crippen molar-refractivity contribution in [2.24, 2.45) is 0 Å². The van der Waals surface area contributed by atoms with E-state index in [0.29, 0.717) is 11.8 Å². The second-order valence-electron chi connectivity index (χ2n) is 5.05. The van der Waals surface area contributed by atoms with E-state index in [1.54, 1.807) is 0 Å². The number of aromatic amines is 1. The topological polar surface area (TPSA) is 28.7 Å². The molecular formula is C13H20N2S. The van der Waals surface area contributed by atoms with Gasteiger partial charge in [0.25, 0.3) is 0 Å². The Balaban J connectivity index is 2.29. The van der Waals surface area contributed by atoms with Gasteiger partial charge in [-0.3, -0.25) is 0 Å². The standard InChI is InChI=1S/C13H20N2S/c1-9(2)11-8-12(16)15-13(14-11)10-6-4-3-5-7-10/h8-10H,3-7H2,1-2H3,(H,14,15,16). The Kier molecular flexibility index (Phi) is 3.74. The van der Waals surface area contributed by atoms with Crippen LogP contribution in [0.4, 0.5) is 0 Å². The van der Waals surface area contributed by atoms with Gasteiger partial charge in [0.15, 0.2) is 0 Å². The van der Waals surface area contributed by atoms with Gasteiger partial charge in [0, 0.05) is 11.6 Å². The average Bonchev–Trinajstić information content (AvgIpc) is 2.29. The molecule has 3 heteroatoms. The molecule has 0 radical (unpaired) electrons. The van der Waals surface area contributed by atoms with Crippen molar-refractivity contribution >= 4 is 12.2 Å². The van der Waals surface area contributed by atoms with E-state index in [1.807, 2.05) is 6.07 Å². The molecular weight excluding hydrogens is 216 g/mol. The second kappa shape index (κ2) is 5.09. The Hall–Kier alpha value is -0.700. The van der Waals surface area contributed by atoms with Crippen LogP contribution in [-0.4, -0.2) is 9.97 Å². The predicted octanol–water partition coefficient (Wildman–Crippen LogP) is 4.31. The SMILES string of the molecule is CC(C)c1cc(=S)nc(C2CCCCC2)[nH]1. The molecule has 1 N–H and O–H groups in total. The maximum Gasteiger partial charge on any atom is 0.130 e. The van der Waals surface area contributed by atoms with E-state index in [0.717, 1.165) is 10.5 Å². The summed E-state index contributed by atoms with van der Waals surface area (Å²) in [6.45, 7) is 4.37. The Bertz CT molecular complexity index is 403. The summed E-state index contributed by atoms with van der Waals surface area (Å²) in [5.74, 6) is 2.22. The smallest absolute Gasteiger partial charge is 0.130 e. The van der Waals surface area contributed by atoms with Crippen LogP contribution in [0.1, 0.15) is 69.3 Å². The highest BCUT2D eigenvalue weighted by atomic mass is 32.1. The Labute approximate surface area is 103 Å². The van der Waals surface area contributed by atoms with Gasteiger partial charge in [-0.15, -0.1) is 0 Å². The highest BCUT2D eigenvalue weighted by Crippen LogP contribution is 2.31. The number of rotatable bonds is 2. The summed E-state index contributed by atoms with van der Waals surface area (Å²) in [6.07, 6.45) is 6.57. The van der Waals surface area contributed by atoms with Crippen LogP contribution in [0.3, 0.4) is 0 Å². The lowest BCUT2D eigenvalue weighted by atomic mass is 9.88. The first-order valence-electron chi connectivity index (χ1n) is 6.28. The van der Waals surface area contributed by atoms with Gasteiger partial charge in [-0.1, -0.05) is 45.3 Å². The first kappa shape index (κ1) is 11.8. The normalized spacial score (nSPS) is 17.9. The van der Waals surface area contributed by atoms with E-state index < -0.39 is 0 Å². The molecule has 0 amide bonds. The highest BCUT2D eigenvalue weighted by molar-refractivity contribution is 7.71. The van der Waals surface area contributed by atoms with Gasteiger partial charge in [0.2, 0.25) is 0 Å². The van der Waals surface area contributed by atoms with Gasteiger partial charge in [-0.25, -0.2) is 4.98 Å². The number of aromatic nitrogens is 2. The quantitative estimate of drug-likeness (QED) is 0.775. The largest absolute Gasteiger partial charge is 0.347 e. The predicted molar refractivity (Wildman–Crippen MR) is 69.3 cm³/mol. The third kappa shape index (κ3) is 2.70. The monoisotopic (exact) mass is 236 g/mol. The van der Waals surface area contributed by atoms with Gasteiger partial charge < -0.3 is 4.98 Å². The molecule has 0 atom stereocenters. The molecule has 1 fully saturated rings. The second-order valence-corrected chi connectivity index (χ2v) is 5.47. The zero-order chi connectivity index (χ0) is 11.5. The molecule has 1 heterocycles. The average molecular weight is 236 g/mol. The maximum absolute atomic E-state index is 5.24. The molecule has 0 aromatic carbocycles. The molecule has 1 saturated carbocycles. The van der Waals surface area contributed by atoms with Crippen LogP contribution in [0.15, 0.2) is 6.07 Å². The molecule has 0 saturated heterocycles. The lowest BCUT2D eigenvalue weighted by Gasteiger charge is -2.21. The lowest BCUT2D eigenvalue weighted by Crippen LogP contribution is -2.10. The number of hydrogen-bond acceptors (Lipinski definition) is 2. The third-order valence-corrected chi connectivity index (χ3v) is 3.61. The lowest BCUT2D eigenvalue weighted by molar-refractivity contribution is 0.427. The first-order chi connectivity index (χ1) is 7.66. The number of H-pyrrole nitrogens is 1. The van der Waals surface area contributed by atoms with Crippen LogP contribution >= 0.6 is 12.2 Å². The van der Waals surface area contributed by atoms with Gasteiger partial charge >= 0.3 is 0 Å². The fourth-order valence-corrected chi connectivity index (χ4v) is 2.60. The molecule has 0 unspecified atom stereocenters. The summed E-state index contributed by atoms with van der Waals surface area (Å²) in [7, 11) is 0. The molecule has 1 aromatic rings. The third-order valence-electron chi connectivity index (χ3n) is 3.40. The van der Waals surface area contributed by atoms with Crippen molar-refractivity contribution in [2.75, 3.05) is 0 Å². The van der Waals surface area contributed by atoms with Crippen molar-refractivity contribution in [3.05, 3.63) is 22.2 Å². The van der Waals surface area contributed by atoms with Crippen LogP contribution < -0.4 is 0 Å². The molecule has 0 spiro atoms. The van der Waals surface area contributed by atoms with Crippen molar-refractivity contribution < 1.29 is 0 Å². The zero-order valence-electron chi connectivity index (χ0n) is 10.1.